The fourth-order valence-corrected chi connectivity index (χ4v) is 4.09. The van der Waals surface area contributed by atoms with Gasteiger partial charge in [0, 0.05) is 43.3 Å². The quantitative estimate of drug-likeness (QED) is 0.770. The lowest BCUT2D eigenvalue weighted by Crippen LogP contribution is -2.67. The van der Waals surface area contributed by atoms with E-state index < -0.39 is 0 Å². The van der Waals surface area contributed by atoms with Crippen LogP contribution in [0.4, 0.5) is 0 Å². The minimum atomic E-state index is 0.274. The molecule has 3 heteroatoms. The lowest BCUT2D eigenvalue weighted by molar-refractivity contribution is -0.0658. The third-order valence-electron chi connectivity index (χ3n) is 4.77. The van der Waals surface area contributed by atoms with Crippen molar-refractivity contribution >= 4 is 0 Å². The van der Waals surface area contributed by atoms with Gasteiger partial charge < -0.3 is 5.32 Å². The van der Waals surface area contributed by atoms with Crippen molar-refractivity contribution < 1.29 is 0 Å². The largest absolute Gasteiger partial charge is 0.314 e. The number of hydrogen-bond acceptors (Lipinski definition) is 3. The molecular formula is C15H31N3. The Kier molecular flexibility index (Phi) is 4.05. The summed E-state index contributed by atoms with van der Waals surface area (Å²) in [5.41, 5.74) is 0.560. The van der Waals surface area contributed by atoms with Crippen molar-refractivity contribution in [1.82, 2.24) is 15.1 Å². The van der Waals surface area contributed by atoms with Crippen LogP contribution < -0.4 is 5.32 Å². The zero-order valence-corrected chi connectivity index (χ0v) is 12.9. The lowest BCUT2D eigenvalue weighted by atomic mass is 9.80. The number of nitrogens with one attached hydrogen (secondary N) is 1. The number of likely N-dealkylation sites (tertiary alicyclic amines) is 1. The fourth-order valence-electron chi connectivity index (χ4n) is 4.09. The van der Waals surface area contributed by atoms with Gasteiger partial charge in [-0.05, 0) is 54.0 Å². The minimum Gasteiger partial charge on any atom is -0.314 e. The third-order valence-corrected chi connectivity index (χ3v) is 4.77. The second kappa shape index (κ2) is 5.10. The van der Waals surface area contributed by atoms with Crippen LogP contribution in [-0.2, 0) is 0 Å². The summed E-state index contributed by atoms with van der Waals surface area (Å²) in [5.74, 6) is 0. The van der Waals surface area contributed by atoms with E-state index >= 15 is 0 Å². The third kappa shape index (κ3) is 2.73. The monoisotopic (exact) mass is 253 g/mol. The van der Waals surface area contributed by atoms with Crippen LogP contribution in [0.25, 0.3) is 0 Å². The Labute approximate surface area is 113 Å². The predicted octanol–water partition coefficient (Wildman–Crippen LogP) is 1.93. The van der Waals surface area contributed by atoms with E-state index in [0.717, 1.165) is 13.1 Å². The molecule has 0 radical (unpaired) electrons. The SMILES string of the molecule is CC(C)(C)N1CCCC(N2CCNCC2)C1(C)C. The zero-order valence-electron chi connectivity index (χ0n) is 12.9. The second-order valence-electron chi connectivity index (χ2n) is 7.42. The Hall–Kier alpha value is -0.120. The predicted molar refractivity (Wildman–Crippen MR) is 78.0 cm³/mol. The molecule has 0 aromatic carbocycles. The zero-order chi connectivity index (χ0) is 13.4. The maximum absolute atomic E-state index is 3.47. The highest BCUT2D eigenvalue weighted by atomic mass is 15.3. The Morgan fingerprint density at radius 1 is 1.06 bits per heavy atom. The molecule has 0 amide bonds. The Bertz CT molecular complexity index is 274. The summed E-state index contributed by atoms with van der Waals surface area (Å²) in [4.78, 5) is 5.44. The van der Waals surface area contributed by atoms with Crippen LogP contribution in [-0.4, -0.2) is 59.6 Å². The van der Waals surface area contributed by atoms with Crippen molar-refractivity contribution in [1.29, 1.82) is 0 Å². The van der Waals surface area contributed by atoms with Crippen LogP contribution in [0.3, 0.4) is 0 Å². The summed E-state index contributed by atoms with van der Waals surface area (Å²) in [6.07, 6.45) is 2.70. The van der Waals surface area contributed by atoms with Gasteiger partial charge in [0.05, 0.1) is 0 Å². The first-order chi connectivity index (χ1) is 8.33. The van der Waals surface area contributed by atoms with Gasteiger partial charge in [0.15, 0.2) is 0 Å². The van der Waals surface area contributed by atoms with E-state index in [1.54, 1.807) is 0 Å². The van der Waals surface area contributed by atoms with Crippen molar-refractivity contribution in [2.24, 2.45) is 0 Å². The topological polar surface area (TPSA) is 18.5 Å². The summed E-state index contributed by atoms with van der Waals surface area (Å²) in [6, 6.07) is 0.715. The molecular weight excluding hydrogens is 222 g/mol. The van der Waals surface area contributed by atoms with Crippen molar-refractivity contribution in [3.8, 4) is 0 Å². The van der Waals surface area contributed by atoms with Crippen molar-refractivity contribution in [3.63, 3.8) is 0 Å². The highest BCUT2D eigenvalue weighted by molar-refractivity contribution is 5.02. The molecule has 3 nitrogen and oxygen atoms in total. The molecule has 1 atom stereocenters. The van der Waals surface area contributed by atoms with E-state index in [9.17, 15) is 0 Å². The molecule has 0 spiro atoms. The van der Waals surface area contributed by atoms with Crippen LogP contribution in [0.15, 0.2) is 0 Å². The molecule has 2 aliphatic heterocycles. The number of piperazine rings is 1. The van der Waals surface area contributed by atoms with Gasteiger partial charge >= 0.3 is 0 Å². The molecule has 18 heavy (non-hydrogen) atoms. The summed E-state index contributed by atoms with van der Waals surface area (Å²) < 4.78 is 0. The molecule has 2 heterocycles. The van der Waals surface area contributed by atoms with Gasteiger partial charge in [-0.25, -0.2) is 0 Å². The maximum Gasteiger partial charge on any atom is 0.0313 e. The van der Waals surface area contributed by atoms with E-state index in [1.165, 1.54) is 32.5 Å². The van der Waals surface area contributed by atoms with E-state index in [-0.39, 0.29) is 11.1 Å². The second-order valence-corrected chi connectivity index (χ2v) is 7.42. The van der Waals surface area contributed by atoms with Crippen molar-refractivity contribution in [3.05, 3.63) is 0 Å². The number of rotatable bonds is 1. The molecule has 2 aliphatic rings. The molecule has 2 saturated heterocycles. The average Bonchev–Trinajstić information content (AvgIpc) is 2.27. The van der Waals surface area contributed by atoms with Crippen LogP contribution in [0, 0.1) is 0 Å². The van der Waals surface area contributed by atoms with Crippen LogP contribution in [0.5, 0.6) is 0 Å². The van der Waals surface area contributed by atoms with Gasteiger partial charge in [0.25, 0.3) is 0 Å². The summed E-state index contributed by atoms with van der Waals surface area (Å²) in [6.45, 7) is 18.0. The minimum absolute atomic E-state index is 0.274. The van der Waals surface area contributed by atoms with Crippen LogP contribution >= 0.6 is 0 Å². The van der Waals surface area contributed by atoms with Crippen LogP contribution in [0.1, 0.15) is 47.5 Å². The van der Waals surface area contributed by atoms with Crippen molar-refractivity contribution in [2.75, 3.05) is 32.7 Å². The number of hydrogen-bond donors (Lipinski definition) is 1. The molecule has 2 rings (SSSR count). The van der Waals surface area contributed by atoms with E-state index in [2.05, 4.69) is 49.7 Å². The van der Waals surface area contributed by atoms with E-state index in [4.69, 9.17) is 0 Å². The smallest absolute Gasteiger partial charge is 0.0313 e. The first-order valence-electron chi connectivity index (χ1n) is 7.56. The molecule has 0 aliphatic carbocycles. The van der Waals surface area contributed by atoms with Gasteiger partial charge in [0.1, 0.15) is 0 Å². The molecule has 0 bridgehead atoms. The fraction of sp³-hybridized carbons (Fsp3) is 1.00. The summed E-state index contributed by atoms with van der Waals surface area (Å²) in [7, 11) is 0. The van der Waals surface area contributed by atoms with Gasteiger partial charge in [-0.1, -0.05) is 0 Å². The molecule has 1 N–H and O–H groups in total. The summed E-state index contributed by atoms with van der Waals surface area (Å²) >= 11 is 0. The Morgan fingerprint density at radius 3 is 2.22 bits per heavy atom. The van der Waals surface area contributed by atoms with Gasteiger partial charge in [-0.2, -0.15) is 0 Å². The molecule has 106 valence electrons. The van der Waals surface area contributed by atoms with Crippen LogP contribution in [0.2, 0.25) is 0 Å². The van der Waals surface area contributed by atoms with Gasteiger partial charge in [-0.3, -0.25) is 9.80 Å². The standard InChI is InChI=1S/C15H31N3/c1-14(2,3)18-10-6-7-13(15(18,4)5)17-11-8-16-9-12-17/h13,16H,6-12H2,1-5H3. The maximum atomic E-state index is 3.47. The highest BCUT2D eigenvalue weighted by Crippen LogP contribution is 2.36. The lowest BCUT2D eigenvalue weighted by Gasteiger charge is -2.57. The molecule has 0 saturated carbocycles. The van der Waals surface area contributed by atoms with Gasteiger partial charge in [-0.15, -0.1) is 0 Å². The first-order valence-corrected chi connectivity index (χ1v) is 7.56. The molecule has 0 aromatic heterocycles. The molecule has 0 aromatic rings. The van der Waals surface area contributed by atoms with E-state index in [1.807, 2.05) is 0 Å². The van der Waals surface area contributed by atoms with E-state index in [0.29, 0.717) is 6.04 Å². The average molecular weight is 253 g/mol. The normalized spacial score (nSPS) is 31.5. The Morgan fingerprint density at radius 2 is 1.67 bits per heavy atom. The molecule has 2 fully saturated rings. The number of nitrogens with zero attached hydrogens (tertiary/aromatic N) is 2. The van der Waals surface area contributed by atoms with Crippen molar-refractivity contribution in [2.45, 2.75) is 64.6 Å². The molecule has 1 unspecified atom stereocenters. The number of piperidine rings is 1. The highest BCUT2D eigenvalue weighted by Gasteiger charge is 2.45. The Balaban J connectivity index is 2.15. The summed E-state index contributed by atoms with van der Waals surface area (Å²) in [5, 5.41) is 3.47. The van der Waals surface area contributed by atoms with Gasteiger partial charge in [0.2, 0.25) is 0 Å². The first kappa shape index (κ1) is 14.3.